The second-order valence-electron chi connectivity index (χ2n) is 6.95. The highest BCUT2D eigenvalue weighted by atomic mass is 19.4. The van der Waals surface area contributed by atoms with Crippen molar-refractivity contribution in [1.29, 1.82) is 0 Å². The van der Waals surface area contributed by atoms with Crippen LogP contribution in [-0.4, -0.2) is 53.9 Å². The van der Waals surface area contributed by atoms with E-state index in [9.17, 15) is 23.1 Å². The first-order valence-corrected chi connectivity index (χ1v) is 8.58. The van der Waals surface area contributed by atoms with Crippen molar-refractivity contribution in [3.63, 3.8) is 0 Å². The summed E-state index contributed by atoms with van der Waals surface area (Å²) in [5, 5.41) is 12.5. The Bertz CT molecular complexity index is 387. The highest BCUT2D eigenvalue weighted by molar-refractivity contribution is 5.77. The lowest BCUT2D eigenvalue weighted by molar-refractivity contribution is -0.272. The molecule has 0 aromatic carbocycles. The van der Waals surface area contributed by atoms with Gasteiger partial charge in [0.2, 0.25) is 5.91 Å². The van der Waals surface area contributed by atoms with Gasteiger partial charge < -0.3 is 10.4 Å². The summed E-state index contributed by atoms with van der Waals surface area (Å²) in [4.78, 5) is 13.6. The Kier molecular flexibility index (Phi) is 6.31. The first kappa shape index (κ1) is 18.5. The number of carbonyl (C=O) groups is 1. The van der Waals surface area contributed by atoms with Crippen LogP contribution in [0.5, 0.6) is 0 Å². The topological polar surface area (TPSA) is 52.6 Å². The van der Waals surface area contributed by atoms with Gasteiger partial charge in [-0.15, -0.1) is 0 Å². The fourth-order valence-electron chi connectivity index (χ4n) is 3.52. The van der Waals surface area contributed by atoms with E-state index in [1.165, 1.54) is 32.1 Å². The predicted molar refractivity (Wildman–Crippen MR) is 80.9 cm³/mol. The summed E-state index contributed by atoms with van der Waals surface area (Å²) in [7, 11) is 0. The number of likely N-dealkylation sites (tertiary alicyclic amines) is 1. The molecule has 1 heterocycles. The first-order valence-electron chi connectivity index (χ1n) is 8.58. The molecule has 0 radical (unpaired) electrons. The van der Waals surface area contributed by atoms with Gasteiger partial charge >= 0.3 is 6.18 Å². The molecule has 0 aromatic heterocycles. The molecule has 0 unspecified atom stereocenters. The number of alkyl halides is 3. The highest BCUT2D eigenvalue weighted by Gasteiger charge is 2.54. The monoisotopic (exact) mass is 336 g/mol. The van der Waals surface area contributed by atoms with Gasteiger partial charge in [-0.05, 0) is 25.2 Å². The van der Waals surface area contributed by atoms with E-state index in [4.69, 9.17) is 0 Å². The van der Waals surface area contributed by atoms with E-state index in [0.29, 0.717) is 12.5 Å². The largest absolute Gasteiger partial charge is 0.417 e. The van der Waals surface area contributed by atoms with Gasteiger partial charge in [0, 0.05) is 19.6 Å². The number of halogens is 3. The molecule has 0 spiro atoms. The zero-order valence-corrected chi connectivity index (χ0v) is 13.5. The van der Waals surface area contributed by atoms with E-state index in [2.05, 4.69) is 5.32 Å². The molecule has 134 valence electrons. The smallest absolute Gasteiger partial charge is 0.380 e. The summed E-state index contributed by atoms with van der Waals surface area (Å²) >= 11 is 0. The van der Waals surface area contributed by atoms with Crippen LogP contribution in [0.3, 0.4) is 0 Å². The molecule has 23 heavy (non-hydrogen) atoms. The summed E-state index contributed by atoms with van der Waals surface area (Å²) in [5.41, 5.74) is -2.60. The Morgan fingerprint density at radius 3 is 2.35 bits per heavy atom. The SMILES string of the molecule is O=C(CN1CCC(O)(C(F)(F)F)CC1)NCCC1CCCCC1. The van der Waals surface area contributed by atoms with Gasteiger partial charge in [-0.1, -0.05) is 32.1 Å². The van der Waals surface area contributed by atoms with Crippen LogP contribution in [0.4, 0.5) is 13.2 Å². The van der Waals surface area contributed by atoms with E-state index in [-0.39, 0.29) is 38.4 Å². The van der Waals surface area contributed by atoms with Gasteiger partial charge in [0.1, 0.15) is 0 Å². The molecule has 2 aliphatic rings. The molecule has 2 fully saturated rings. The standard InChI is InChI=1S/C16H27F3N2O2/c17-16(18,19)15(23)7-10-21(11-8-15)12-14(22)20-9-6-13-4-2-1-3-5-13/h13,23H,1-12H2,(H,20,22). The average molecular weight is 336 g/mol. The Morgan fingerprint density at radius 2 is 1.78 bits per heavy atom. The zero-order valence-electron chi connectivity index (χ0n) is 13.5. The first-order chi connectivity index (χ1) is 10.8. The lowest BCUT2D eigenvalue weighted by Gasteiger charge is -2.38. The third-order valence-electron chi connectivity index (χ3n) is 5.18. The summed E-state index contributed by atoms with van der Waals surface area (Å²) < 4.78 is 38.1. The molecule has 1 aliphatic carbocycles. The molecule has 0 atom stereocenters. The van der Waals surface area contributed by atoms with Crippen LogP contribution in [0, 0.1) is 5.92 Å². The molecule has 0 bridgehead atoms. The van der Waals surface area contributed by atoms with E-state index in [0.717, 1.165) is 6.42 Å². The van der Waals surface area contributed by atoms with Crippen molar-refractivity contribution in [3.8, 4) is 0 Å². The number of carbonyl (C=O) groups excluding carboxylic acids is 1. The van der Waals surface area contributed by atoms with Crippen molar-refractivity contribution in [2.24, 2.45) is 5.92 Å². The summed E-state index contributed by atoms with van der Waals surface area (Å²) in [6, 6.07) is 0. The molecule has 2 rings (SSSR count). The predicted octanol–water partition coefficient (Wildman–Crippen LogP) is 2.46. The Balaban J connectivity index is 1.63. The van der Waals surface area contributed by atoms with Gasteiger partial charge in [0.15, 0.2) is 5.60 Å². The normalized spacial score (nSPS) is 23.7. The lowest BCUT2D eigenvalue weighted by Crippen LogP contribution is -2.54. The Hall–Kier alpha value is -0.820. The third kappa shape index (κ3) is 5.35. The molecular formula is C16H27F3N2O2. The van der Waals surface area contributed by atoms with Crippen LogP contribution >= 0.6 is 0 Å². The van der Waals surface area contributed by atoms with Crippen molar-refractivity contribution < 1.29 is 23.1 Å². The van der Waals surface area contributed by atoms with Crippen LogP contribution in [-0.2, 0) is 4.79 Å². The fourth-order valence-corrected chi connectivity index (χ4v) is 3.52. The highest BCUT2D eigenvalue weighted by Crippen LogP contribution is 2.38. The molecule has 1 aliphatic heterocycles. The van der Waals surface area contributed by atoms with Crippen LogP contribution in [0.15, 0.2) is 0 Å². The minimum Gasteiger partial charge on any atom is -0.380 e. The van der Waals surface area contributed by atoms with Gasteiger partial charge in [0.05, 0.1) is 6.54 Å². The Morgan fingerprint density at radius 1 is 1.17 bits per heavy atom. The fraction of sp³-hybridized carbons (Fsp3) is 0.938. The van der Waals surface area contributed by atoms with Crippen molar-refractivity contribution in [1.82, 2.24) is 10.2 Å². The maximum Gasteiger partial charge on any atom is 0.417 e. The van der Waals surface area contributed by atoms with E-state index in [1.54, 1.807) is 4.90 Å². The van der Waals surface area contributed by atoms with Gasteiger partial charge in [-0.3, -0.25) is 9.69 Å². The number of piperidine rings is 1. The number of hydrogen-bond acceptors (Lipinski definition) is 3. The number of hydrogen-bond donors (Lipinski definition) is 2. The molecule has 1 amide bonds. The Labute approximate surface area is 135 Å². The number of nitrogens with zero attached hydrogens (tertiary/aromatic N) is 1. The summed E-state index contributed by atoms with van der Waals surface area (Å²) in [6.45, 7) is 0.931. The minimum atomic E-state index is -4.60. The minimum absolute atomic E-state index is 0.0893. The van der Waals surface area contributed by atoms with Crippen molar-refractivity contribution in [2.45, 2.75) is 63.1 Å². The second kappa shape index (κ2) is 7.83. The van der Waals surface area contributed by atoms with Crippen molar-refractivity contribution in [2.75, 3.05) is 26.2 Å². The van der Waals surface area contributed by atoms with E-state index < -0.39 is 11.8 Å². The van der Waals surface area contributed by atoms with Gasteiger partial charge in [-0.2, -0.15) is 13.2 Å². The number of amides is 1. The molecule has 1 saturated carbocycles. The molecule has 7 heteroatoms. The van der Waals surface area contributed by atoms with Crippen LogP contribution < -0.4 is 5.32 Å². The molecule has 1 saturated heterocycles. The van der Waals surface area contributed by atoms with Gasteiger partial charge in [0.25, 0.3) is 0 Å². The number of nitrogens with one attached hydrogen (secondary N) is 1. The average Bonchev–Trinajstić information content (AvgIpc) is 2.50. The summed E-state index contributed by atoms with van der Waals surface area (Å²) in [5.74, 6) is 0.555. The third-order valence-corrected chi connectivity index (χ3v) is 5.18. The molecule has 4 nitrogen and oxygen atoms in total. The maximum atomic E-state index is 12.7. The van der Waals surface area contributed by atoms with Crippen molar-refractivity contribution in [3.05, 3.63) is 0 Å². The van der Waals surface area contributed by atoms with Crippen molar-refractivity contribution >= 4 is 5.91 Å². The lowest BCUT2D eigenvalue weighted by atomic mass is 9.87. The quantitative estimate of drug-likeness (QED) is 0.811. The maximum absolute atomic E-state index is 12.7. The van der Waals surface area contributed by atoms with Crippen LogP contribution in [0.25, 0.3) is 0 Å². The van der Waals surface area contributed by atoms with Crippen LogP contribution in [0.2, 0.25) is 0 Å². The molecular weight excluding hydrogens is 309 g/mol. The molecule has 0 aromatic rings. The number of rotatable bonds is 5. The summed E-state index contributed by atoms with van der Waals surface area (Å²) in [6.07, 6.45) is 1.97. The zero-order chi connectivity index (χ0) is 16.9. The van der Waals surface area contributed by atoms with Crippen LogP contribution in [0.1, 0.15) is 51.4 Å². The molecule has 2 N–H and O–H groups in total. The van der Waals surface area contributed by atoms with Gasteiger partial charge in [-0.25, -0.2) is 0 Å². The van der Waals surface area contributed by atoms with E-state index in [1.807, 2.05) is 0 Å². The number of aliphatic hydroxyl groups is 1. The van der Waals surface area contributed by atoms with E-state index >= 15 is 0 Å². The second-order valence-corrected chi connectivity index (χ2v) is 6.95.